The van der Waals surface area contributed by atoms with Gasteiger partial charge in [-0.3, -0.25) is 4.79 Å². The summed E-state index contributed by atoms with van der Waals surface area (Å²) in [5.74, 6) is 0.559. The number of likely N-dealkylation sites (tertiary alicyclic amines) is 1. The zero-order chi connectivity index (χ0) is 17.2. The van der Waals surface area contributed by atoms with Crippen LogP contribution in [0.3, 0.4) is 0 Å². The number of rotatable bonds is 4. The number of aliphatic hydroxyl groups is 1. The molecule has 0 aliphatic carbocycles. The molecule has 1 amide bonds. The first-order chi connectivity index (χ1) is 11.5. The molecular formula is C18H22N2O4. The van der Waals surface area contributed by atoms with E-state index in [0.717, 1.165) is 17.7 Å². The number of aryl methyl sites for hydroxylation is 2. The molecule has 0 unspecified atom stereocenters. The molecule has 1 aliphatic rings. The maximum atomic E-state index is 12.6. The van der Waals surface area contributed by atoms with E-state index in [1.165, 1.54) is 6.26 Å². The highest BCUT2D eigenvalue weighted by atomic mass is 16.5. The van der Waals surface area contributed by atoms with Crippen LogP contribution < -0.4 is 4.74 Å². The van der Waals surface area contributed by atoms with Crippen molar-refractivity contribution in [1.82, 2.24) is 10.1 Å². The number of carbonyl (C=O) groups is 1. The van der Waals surface area contributed by atoms with Gasteiger partial charge in [-0.2, -0.15) is 0 Å². The number of ether oxygens (including phenoxy) is 1. The van der Waals surface area contributed by atoms with Crippen LogP contribution in [0.5, 0.6) is 5.75 Å². The number of piperidine rings is 1. The van der Waals surface area contributed by atoms with Crippen LogP contribution in [-0.4, -0.2) is 46.4 Å². The number of amides is 1. The second kappa shape index (κ2) is 6.65. The zero-order valence-corrected chi connectivity index (χ0v) is 14.0. The van der Waals surface area contributed by atoms with E-state index in [4.69, 9.17) is 9.26 Å². The highest BCUT2D eigenvalue weighted by molar-refractivity contribution is 5.94. The van der Waals surface area contributed by atoms with Crippen LogP contribution in [0.4, 0.5) is 0 Å². The Kier molecular flexibility index (Phi) is 4.57. The van der Waals surface area contributed by atoms with Crippen LogP contribution in [-0.2, 0) is 0 Å². The van der Waals surface area contributed by atoms with E-state index < -0.39 is 5.60 Å². The third-order valence-electron chi connectivity index (χ3n) is 4.32. The third kappa shape index (κ3) is 3.59. The van der Waals surface area contributed by atoms with Crippen LogP contribution in [0, 0.1) is 13.8 Å². The zero-order valence-electron chi connectivity index (χ0n) is 14.0. The monoisotopic (exact) mass is 330 g/mol. The number of hydrogen-bond donors (Lipinski definition) is 1. The van der Waals surface area contributed by atoms with E-state index in [0.29, 0.717) is 24.2 Å². The summed E-state index contributed by atoms with van der Waals surface area (Å²) in [5, 5.41) is 14.6. The third-order valence-corrected chi connectivity index (χ3v) is 4.32. The smallest absolute Gasteiger partial charge is 0.259 e. The van der Waals surface area contributed by atoms with E-state index in [-0.39, 0.29) is 19.1 Å². The van der Waals surface area contributed by atoms with Crippen molar-refractivity contribution in [1.29, 1.82) is 0 Å². The highest BCUT2D eigenvalue weighted by Gasteiger charge is 2.37. The summed E-state index contributed by atoms with van der Waals surface area (Å²) in [6.45, 7) is 4.72. The summed E-state index contributed by atoms with van der Waals surface area (Å²) < 4.78 is 10.6. The predicted octanol–water partition coefficient (Wildman–Crippen LogP) is 2.34. The molecule has 2 aromatic rings. The number of nitrogens with zero attached hydrogens (tertiary/aromatic N) is 2. The van der Waals surface area contributed by atoms with E-state index in [2.05, 4.69) is 5.16 Å². The van der Waals surface area contributed by atoms with Crippen LogP contribution in [0.25, 0.3) is 0 Å². The lowest BCUT2D eigenvalue weighted by Crippen LogP contribution is -2.53. The molecule has 1 N–H and O–H groups in total. The van der Waals surface area contributed by atoms with Gasteiger partial charge in [0.2, 0.25) is 0 Å². The quantitative estimate of drug-likeness (QED) is 0.931. The first-order valence-corrected chi connectivity index (χ1v) is 8.09. The fraction of sp³-hybridized carbons (Fsp3) is 0.444. The SMILES string of the molecule is Cc1cccc(OC[C@@]2(O)CCCN(C(=O)c3conc3C)C2)c1. The van der Waals surface area contributed by atoms with Gasteiger partial charge in [-0.25, -0.2) is 0 Å². The fourth-order valence-electron chi connectivity index (χ4n) is 2.99. The van der Waals surface area contributed by atoms with Crippen molar-refractivity contribution in [3.8, 4) is 5.75 Å². The minimum atomic E-state index is -1.05. The average molecular weight is 330 g/mol. The lowest BCUT2D eigenvalue weighted by molar-refractivity contribution is -0.0532. The minimum Gasteiger partial charge on any atom is -0.491 e. The van der Waals surface area contributed by atoms with Crippen LogP contribution in [0.2, 0.25) is 0 Å². The Hall–Kier alpha value is -2.34. The Morgan fingerprint density at radius 1 is 1.46 bits per heavy atom. The molecule has 1 aromatic heterocycles. The molecule has 6 heteroatoms. The molecule has 1 aromatic carbocycles. The van der Waals surface area contributed by atoms with E-state index in [9.17, 15) is 9.90 Å². The summed E-state index contributed by atoms with van der Waals surface area (Å²) in [7, 11) is 0. The van der Waals surface area contributed by atoms with Crippen molar-refractivity contribution < 1.29 is 19.2 Å². The van der Waals surface area contributed by atoms with Gasteiger partial charge in [0.1, 0.15) is 29.8 Å². The number of carbonyl (C=O) groups excluding carboxylic acids is 1. The Balaban J connectivity index is 1.65. The van der Waals surface area contributed by atoms with Gasteiger partial charge in [0.25, 0.3) is 5.91 Å². The maximum Gasteiger partial charge on any atom is 0.259 e. The van der Waals surface area contributed by atoms with Gasteiger partial charge in [0.15, 0.2) is 0 Å². The number of benzene rings is 1. The topological polar surface area (TPSA) is 75.8 Å². The average Bonchev–Trinajstić information content (AvgIpc) is 2.99. The lowest BCUT2D eigenvalue weighted by Gasteiger charge is -2.38. The first-order valence-electron chi connectivity index (χ1n) is 8.09. The summed E-state index contributed by atoms with van der Waals surface area (Å²) in [4.78, 5) is 14.2. The second-order valence-electron chi connectivity index (χ2n) is 6.47. The van der Waals surface area contributed by atoms with Crippen molar-refractivity contribution in [2.45, 2.75) is 32.3 Å². The van der Waals surface area contributed by atoms with Crippen molar-refractivity contribution in [3.63, 3.8) is 0 Å². The molecule has 1 aliphatic heterocycles. The number of β-amino-alcohol motifs (C(OH)–C–C–N with tert-alkyl or cyclic N) is 1. The number of hydrogen-bond acceptors (Lipinski definition) is 5. The largest absolute Gasteiger partial charge is 0.491 e. The Morgan fingerprint density at radius 3 is 3.00 bits per heavy atom. The van der Waals surface area contributed by atoms with Gasteiger partial charge in [0, 0.05) is 6.54 Å². The molecule has 6 nitrogen and oxygen atoms in total. The van der Waals surface area contributed by atoms with Crippen LogP contribution in [0.15, 0.2) is 35.1 Å². The molecule has 1 saturated heterocycles. The van der Waals surface area contributed by atoms with Gasteiger partial charge in [-0.1, -0.05) is 17.3 Å². The molecule has 1 atom stereocenters. The molecule has 3 rings (SSSR count). The highest BCUT2D eigenvalue weighted by Crippen LogP contribution is 2.25. The Labute approximate surface area is 141 Å². The normalized spacial score (nSPS) is 20.9. The summed E-state index contributed by atoms with van der Waals surface area (Å²) in [6.07, 6.45) is 2.68. The fourth-order valence-corrected chi connectivity index (χ4v) is 2.99. The second-order valence-corrected chi connectivity index (χ2v) is 6.47. The van der Waals surface area contributed by atoms with Crippen LogP contribution >= 0.6 is 0 Å². The summed E-state index contributed by atoms with van der Waals surface area (Å²) >= 11 is 0. The van der Waals surface area contributed by atoms with Crippen molar-refractivity contribution in [2.75, 3.05) is 19.7 Å². The molecule has 24 heavy (non-hydrogen) atoms. The van der Waals surface area contributed by atoms with Crippen molar-refractivity contribution >= 4 is 5.91 Å². The van der Waals surface area contributed by atoms with Gasteiger partial charge in [-0.15, -0.1) is 0 Å². The van der Waals surface area contributed by atoms with Crippen molar-refractivity contribution in [3.05, 3.63) is 47.3 Å². The van der Waals surface area contributed by atoms with Gasteiger partial charge in [0.05, 0.1) is 12.2 Å². The summed E-state index contributed by atoms with van der Waals surface area (Å²) in [6, 6.07) is 7.70. The van der Waals surface area contributed by atoms with E-state index >= 15 is 0 Å². The molecule has 0 bridgehead atoms. The van der Waals surface area contributed by atoms with Gasteiger partial charge >= 0.3 is 0 Å². The standard InChI is InChI=1S/C18H22N2O4/c1-13-5-3-6-15(9-13)23-12-18(22)7-4-8-20(11-18)17(21)16-10-24-19-14(16)2/h3,5-6,9-10,22H,4,7-8,11-12H2,1-2H3/t18-/m1/s1. The predicted molar refractivity (Wildman–Crippen MR) is 88.0 cm³/mol. The van der Waals surface area contributed by atoms with Gasteiger partial charge < -0.3 is 19.3 Å². The molecular weight excluding hydrogens is 308 g/mol. The molecule has 0 radical (unpaired) electrons. The molecule has 0 saturated carbocycles. The molecule has 1 fully saturated rings. The molecule has 2 heterocycles. The Bertz CT molecular complexity index is 727. The molecule has 128 valence electrons. The van der Waals surface area contributed by atoms with E-state index in [1.807, 2.05) is 31.2 Å². The number of aromatic nitrogens is 1. The van der Waals surface area contributed by atoms with E-state index in [1.54, 1.807) is 11.8 Å². The molecule has 0 spiro atoms. The van der Waals surface area contributed by atoms with Gasteiger partial charge in [-0.05, 0) is 44.4 Å². The minimum absolute atomic E-state index is 0.156. The van der Waals surface area contributed by atoms with Crippen LogP contribution in [0.1, 0.15) is 34.5 Å². The Morgan fingerprint density at radius 2 is 2.29 bits per heavy atom. The maximum absolute atomic E-state index is 12.6. The van der Waals surface area contributed by atoms with Crippen molar-refractivity contribution in [2.24, 2.45) is 0 Å². The lowest BCUT2D eigenvalue weighted by atomic mass is 9.93. The first kappa shape index (κ1) is 16.5. The summed E-state index contributed by atoms with van der Waals surface area (Å²) in [5.41, 5.74) is 1.05.